The van der Waals surface area contributed by atoms with Crippen LogP contribution in [0.25, 0.3) is 0 Å². The Morgan fingerprint density at radius 2 is 1.84 bits per heavy atom. The summed E-state index contributed by atoms with van der Waals surface area (Å²) in [5.41, 5.74) is 10.1. The third-order valence-corrected chi connectivity index (χ3v) is 3.07. The molecule has 8 heteroatoms. The lowest BCUT2D eigenvalue weighted by atomic mass is 10.0. The van der Waals surface area contributed by atoms with E-state index in [0.29, 0.717) is 6.54 Å². The second-order valence-corrected chi connectivity index (χ2v) is 4.58. The normalized spacial score (nSPS) is 16.3. The molecule has 1 aliphatic heterocycles. The van der Waals surface area contributed by atoms with Crippen LogP contribution in [0.2, 0.25) is 0 Å². The van der Waals surface area contributed by atoms with Gasteiger partial charge < -0.3 is 16.8 Å². The molecule has 1 heterocycles. The molecule has 0 radical (unpaired) electrons. The molecule has 8 nitrogen and oxygen atoms in total. The summed E-state index contributed by atoms with van der Waals surface area (Å²) in [5, 5.41) is 5.23. The van der Waals surface area contributed by atoms with Gasteiger partial charge in [-0.15, -0.1) is 0 Å². The molecular formula is C11H21N5O3. The topological polar surface area (TPSA) is 131 Å². The van der Waals surface area contributed by atoms with Gasteiger partial charge in [-0.1, -0.05) is 0 Å². The zero-order chi connectivity index (χ0) is 14.3. The third kappa shape index (κ3) is 6.16. The van der Waals surface area contributed by atoms with Crippen LogP contribution in [-0.4, -0.2) is 55.0 Å². The molecule has 0 unspecified atom stereocenters. The van der Waals surface area contributed by atoms with Crippen LogP contribution in [0.5, 0.6) is 0 Å². The zero-order valence-electron chi connectivity index (χ0n) is 10.9. The Labute approximate surface area is 111 Å². The van der Waals surface area contributed by atoms with Crippen molar-refractivity contribution in [2.24, 2.45) is 11.5 Å². The lowest BCUT2D eigenvalue weighted by Crippen LogP contribution is -2.48. The van der Waals surface area contributed by atoms with Gasteiger partial charge in [0.1, 0.15) is 0 Å². The molecule has 0 atom stereocenters. The van der Waals surface area contributed by atoms with Gasteiger partial charge in [0.05, 0.1) is 6.54 Å². The number of carbonyl (C=O) groups is 3. The van der Waals surface area contributed by atoms with Crippen LogP contribution >= 0.6 is 0 Å². The van der Waals surface area contributed by atoms with Gasteiger partial charge >= 0.3 is 6.03 Å². The molecule has 0 aliphatic carbocycles. The van der Waals surface area contributed by atoms with Crippen molar-refractivity contribution in [3.63, 3.8) is 0 Å². The van der Waals surface area contributed by atoms with E-state index in [0.717, 1.165) is 25.9 Å². The van der Waals surface area contributed by atoms with Gasteiger partial charge in [0.2, 0.25) is 11.8 Å². The van der Waals surface area contributed by atoms with Gasteiger partial charge in [-0.25, -0.2) is 4.79 Å². The van der Waals surface area contributed by atoms with E-state index in [1.807, 2.05) is 10.2 Å². The molecule has 1 saturated heterocycles. The van der Waals surface area contributed by atoms with Crippen LogP contribution in [0, 0.1) is 0 Å². The van der Waals surface area contributed by atoms with Crippen molar-refractivity contribution in [3.8, 4) is 0 Å². The Balaban J connectivity index is 2.46. The minimum Gasteiger partial charge on any atom is -0.369 e. The summed E-state index contributed by atoms with van der Waals surface area (Å²) >= 11 is 0. The first-order valence-corrected chi connectivity index (χ1v) is 6.31. The monoisotopic (exact) mass is 271 g/mol. The van der Waals surface area contributed by atoms with Gasteiger partial charge in [-0.2, -0.15) is 0 Å². The fourth-order valence-corrected chi connectivity index (χ4v) is 2.21. The quantitative estimate of drug-likeness (QED) is 0.448. The number of carbonyl (C=O) groups excluding carboxylic acids is 3. The van der Waals surface area contributed by atoms with Crippen molar-refractivity contribution in [2.45, 2.75) is 25.3 Å². The molecule has 4 amide bonds. The highest BCUT2D eigenvalue weighted by Crippen LogP contribution is 2.11. The first kappa shape index (κ1) is 15.4. The molecule has 1 aliphatic rings. The molecule has 0 spiro atoms. The predicted molar refractivity (Wildman–Crippen MR) is 69.0 cm³/mol. The molecular weight excluding hydrogens is 250 g/mol. The molecule has 19 heavy (non-hydrogen) atoms. The van der Waals surface area contributed by atoms with Crippen molar-refractivity contribution in [3.05, 3.63) is 0 Å². The summed E-state index contributed by atoms with van der Waals surface area (Å²) in [6.07, 6.45) is 1.93. The van der Waals surface area contributed by atoms with Crippen molar-refractivity contribution in [1.82, 2.24) is 15.5 Å². The third-order valence-electron chi connectivity index (χ3n) is 3.07. The van der Waals surface area contributed by atoms with Crippen LogP contribution in [0.3, 0.4) is 0 Å². The number of imide groups is 1. The van der Waals surface area contributed by atoms with Crippen LogP contribution in [-0.2, 0) is 9.59 Å². The van der Waals surface area contributed by atoms with Crippen LogP contribution in [0.15, 0.2) is 0 Å². The maximum absolute atomic E-state index is 11.4. The SMILES string of the molecule is NC(=O)CN(CCC(=O)NC(N)=O)C1CCNCC1. The first-order chi connectivity index (χ1) is 8.99. The molecule has 6 N–H and O–H groups in total. The smallest absolute Gasteiger partial charge is 0.318 e. The summed E-state index contributed by atoms with van der Waals surface area (Å²) in [6, 6.07) is -0.636. The molecule has 1 fully saturated rings. The number of rotatable bonds is 6. The second kappa shape index (κ2) is 7.70. The number of nitrogens with zero attached hydrogens (tertiary/aromatic N) is 1. The lowest BCUT2D eigenvalue weighted by molar-refractivity contribution is -0.123. The molecule has 0 bridgehead atoms. The highest BCUT2D eigenvalue weighted by Gasteiger charge is 2.22. The number of piperidine rings is 1. The number of nitrogens with one attached hydrogen (secondary N) is 2. The molecule has 108 valence electrons. The van der Waals surface area contributed by atoms with Gasteiger partial charge in [-0.05, 0) is 25.9 Å². The molecule has 0 aromatic heterocycles. The minimum absolute atomic E-state index is 0.111. The average Bonchev–Trinajstić information content (AvgIpc) is 2.34. The number of nitrogens with two attached hydrogens (primary N) is 2. The minimum atomic E-state index is -0.867. The Hall–Kier alpha value is -1.67. The maximum atomic E-state index is 11.4. The number of hydrogen-bond donors (Lipinski definition) is 4. The number of primary amides is 2. The summed E-state index contributed by atoms with van der Waals surface area (Å²) < 4.78 is 0. The number of amides is 4. The van der Waals surface area contributed by atoms with Gasteiger partial charge in [0, 0.05) is 19.0 Å². The van der Waals surface area contributed by atoms with E-state index in [2.05, 4.69) is 5.32 Å². The highest BCUT2D eigenvalue weighted by molar-refractivity contribution is 5.93. The Morgan fingerprint density at radius 1 is 1.21 bits per heavy atom. The average molecular weight is 271 g/mol. The van der Waals surface area contributed by atoms with E-state index in [4.69, 9.17) is 11.5 Å². The Kier molecular flexibility index (Phi) is 6.23. The van der Waals surface area contributed by atoms with E-state index in [1.165, 1.54) is 0 Å². The van der Waals surface area contributed by atoms with Crippen molar-refractivity contribution in [1.29, 1.82) is 0 Å². The predicted octanol–water partition coefficient (Wildman–Crippen LogP) is -1.89. The van der Waals surface area contributed by atoms with Crippen molar-refractivity contribution >= 4 is 17.8 Å². The summed E-state index contributed by atoms with van der Waals surface area (Å²) in [4.78, 5) is 34.8. The van der Waals surface area contributed by atoms with E-state index < -0.39 is 17.8 Å². The fraction of sp³-hybridized carbons (Fsp3) is 0.727. The van der Waals surface area contributed by atoms with E-state index in [-0.39, 0.29) is 19.0 Å². The summed E-state index contributed by atoms with van der Waals surface area (Å²) in [5.74, 6) is -0.871. The van der Waals surface area contributed by atoms with Crippen molar-refractivity contribution in [2.75, 3.05) is 26.2 Å². The van der Waals surface area contributed by atoms with Crippen LogP contribution < -0.4 is 22.1 Å². The molecule has 0 aromatic carbocycles. The molecule has 0 aromatic rings. The standard InChI is InChI=1S/C11H21N5O3/c12-9(17)7-16(8-1-4-14-5-2-8)6-3-10(18)15-11(13)19/h8,14H,1-7H2,(H2,12,17)(H3,13,15,18,19). The summed E-state index contributed by atoms with van der Waals surface area (Å²) in [6.45, 7) is 2.27. The van der Waals surface area contributed by atoms with Gasteiger partial charge in [-0.3, -0.25) is 19.8 Å². The van der Waals surface area contributed by atoms with Crippen LogP contribution in [0.1, 0.15) is 19.3 Å². The molecule has 0 saturated carbocycles. The lowest BCUT2D eigenvalue weighted by Gasteiger charge is -2.33. The highest BCUT2D eigenvalue weighted by atomic mass is 16.2. The Bertz CT molecular complexity index is 341. The van der Waals surface area contributed by atoms with E-state index in [1.54, 1.807) is 0 Å². The van der Waals surface area contributed by atoms with Gasteiger partial charge in [0.15, 0.2) is 0 Å². The maximum Gasteiger partial charge on any atom is 0.318 e. The van der Waals surface area contributed by atoms with E-state index in [9.17, 15) is 14.4 Å². The Morgan fingerprint density at radius 3 is 2.37 bits per heavy atom. The first-order valence-electron chi connectivity index (χ1n) is 6.31. The van der Waals surface area contributed by atoms with E-state index >= 15 is 0 Å². The number of hydrogen-bond acceptors (Lipinski definition) is 5. The largest absolute Gasteiger partial charge is 0.369 e. The van der Waals surface area contributed by atoms with Crippen molar-refractivity contribution < 1.29 is 14.4 Å². The molecule has 1 rings (SSSR count). The second-order valence-electron chi connectivity index (χ2n) is 4.58. The zero-order valence-corrected chi connectivity index (χ0v) is 10.9. The van der Waals surface area contributed by atoms with Crippen LogP contribution in [0.4, 0.5) is 4.79 Å². The fourth-order valence-electron chi connectivity index (χ4n) is 2.21. The number of urea groups is 1. The van der Waals surface area contributed by atoms with Gasteiger partial charge in [0.25, 0.3) is 0 Å². The summed E-state index contributed by atoms with van der Waals surface area (Å²) in [7, 11) is 0.